The smallest absolute Gasteiger partial charge is 0.282 e. The number of nitrogens with zero attached hydrogens (tertiary/aromatic N) is 3. The van der Waals surface area contributed by atoms with Gasteiger partial charge in [-0.2, -0.15) is 9.78 Å². The van der Waals surface area contributed by atoms with Crippen LogP contribution in [0.2, 0.25) is 0 Å². The van der Waals surface area contributed by atoms with Crippen LogP contribution in [0.5, 0.6) is 11.5 Å². The Bertz CT molecular complexity index is 1150. The van der Waals surface area contributed by atoms with Gasteiger partial charge in [0.25, 0.3) is 5.56 Å². The largest absolute Gasteiger partial charge is 0.493 e. The van der Waals surface area contributed by atoms with Gasteiger partial charge < -0.3 is 9.47 Å². The van der Waals surface area contributed by atoms with Gasteiger partial charge in [-0.05, 0) is 58.6 Å². The summed E-state index contributed by atoms with van der Waals surface area (Å²) in [6, 6.07) is 11.2. The highest BCUT2D eigenvalue weighted by Crippen LogP contribution is 2.36. The summed E-state index contributed by atoms with van der Waals surface area (Å²) in [7, 11) is 3.18. The summed E-state index contributed by atoms with van der Waals surface area (Å²) in [4.78, 5) is 18.1. The lowest BCUT2D eigenvalue weighted by molar-refractivity contribution is 0.353. The number of methoxy groups -OCH3 is 2. The number of ether oxygens (including phenoxy) is 2. The molecule has 3 aromatic rings. The van der Waals surface area contributed by atoms with E-state index in [-0.39, 0.29) is 11.5 Å². The van der Waals surface area contributed by atoms with E-state index in [9.17, 15) is 4.79 Å². The van der Waals surface area contributed by atoms with E-state index >= 15 is 0 Å². The number of rotatable bonds is 5. The fraction of sp³-hybridized carbons (Fsp3) is 0.348. The molecule has 1 heterocycles. The molecule has 1 aromatic heterocycles. The second kappa shape index (κ2) is 9.00. The van der Waals surface area contributed by atoms with Crippen molar-refractivity contribution in [1.82, 2.24) is 9.66 Å². The van der Waals surface area contributed by atoms with Gasteiger partial charge in [0.1, 0.15) is 5.82 Å². The molecule has 0 saturated heterocycles. The van der Waals surface area contributed by atoms with Gasteiger partial charge in [0, 0.05) is 5.92 Å². The van der Waals surface area contributed by atoms with Crippen LogP contribution < -0.4 is 15.0 Å². The third kappa shape index (κ3) is 3.99. The predicted octanol–water partition coefficient (Wildman–Crippen LogP) is 5.11. The minimum Gasteiger partial charge on any atom is -0.493 e. The van der Waals surface area contributed by atoms with E-state index in [1.165, 1.54) is 11.1 Å². The number of benzene rings is 2. The molecule has 1 saturated carbocycles. The Morgan fingerprint density at radius 2 is 1.90 bits per heavy atom. The fourth-order valence-corrected chi connectivity index (χ4v) is 4.64. The van der Waals surface area contributed by atoms with Crippen LogP contribution in [0, 0.1) is 0 Å². The van der Waals surface area contributed by atoms with Crippen LogP contribution in [-0.4, -0.2) is 30.1 Å². The van der Waals surface area contributed by atoms with Crippen molar-refractivity contribution in [2.45, 2.75) is 38.0 Å². The first-order valence-electron chi connectivity index (χ1n) is 10.1. The molecule has 0 atom stereocenters. The minimum atomic E-state index is -0.142. The van der Waals surface area contributed by atoms with E-state index in [1.807, 2.05) is 30.3 Å². The molecule has 156 valence electrons. The maximum Gasteiger partial charge on any atom is 0.282 e. The minimum absolute atomic E-state index is 0.142. The summed E-state index contributed by atoms with van der Waals surface area (Å²) in [5.41, 5.74) is 1.37. The molecule has 0 bridgehead atoms. The first-order chi connectivity index (χ1) is 14.6. The standard InChI is InChI=1S/C23H24BrN3O3/c1-29-20-13-15(12-18(24)21(20)30-2)14-25-27-22(16-8-4-3-5-9-16)26-19-11-7-6-10-17(19)23(27)28/h6-7,10-14,16H,3-5,8-9H2,1-2H3. The molecule has 7 heteroatoms. The van der Waals surface area contributed by atoms with E-state index in [2.05, 4.69) is 21.0 Å². The van der Waals surface area contributed by atoms with Crippen LogP contribution in [0.1, 0.15) is 49.4 Å². The lowest BCUT2D eigenvalue weighted by Crippen LogP contribution is -2.25. The Kier molecular flexibility index (Phi) is 6.18. The van der Waals surface area contributed by atoms with E-state index in [1.54, 1.807) is 26.5 Å². The molecule has 30 heavy (non-hydrogen) atoms. The molecule has 2 aromatic carbocycles. The van der Waals surface area contributed by atoms with Gasteiger partial charge in [-0.15, -0.1) is 0 Å². The highest BCUT2D eigenvalue weighted by Gasteiger charge is 2.22. The number of para-hydroxylation sites is 1. The first-order valence-corrected chi connectivity index (χ1v) is 10.9. The molecule has 0 amide bonds. The molecule has 6 nitrogen and oxygen atoms in total. The van der Waals surface area contributed by atoms with Crippen LogP contribution >= 0.6 is 15.9 Å². The van der Waals surface area contributed by atoms with Crippen molar-refractivity contribution in [3.63, 3.8) is 0 Å². The zero-order valence-electron chi connectivity index (χ0n) is 17.1. The molecule has 1 aliphatic rings. The number of hydrogen-bond acceptors (Lipinski definition) is 5. The molecule has 0 unspecified atom stereocenters. The normalized spacial score (nSPS) is 15.0. The van der Waals surface area contributed by atoms with Crippen molar-refractivity contribution < 1.29 is 9.47 Å². The number of halogens is 1. The summed E-state index contributed by atoms with van der Waals surface area (Å²) < 4.78 is 13.0. The summed E-state index contributed by atoms with van der Waals surface area (Å²) in [5.74, 6) is 2.19. The van der Waals surface area contributed by atoms with Gasteiger partial charge >= 0.3 is 0 Å². The highest BCUT2D eigenvalue weighted by molar-refractivity contribution is 9.10. The van der Waals surface area contributed by atoms with Crippen molar-refractivity contribution in [3.8, 4) is 11.5 Å². The second-order valence-corrected chi connectivity index (χ2v) is 8.28. The molecule has 0 aliphatic heterocycles. The number of aromatic nitrogens is 2. The Morgan fingerprint density at radius 1 is 1.13 bits per heavy atom. The van der Waals surface area contributed by atoms with Crippen molar-refractivity contribution in [3.05, 3.63) is 62.6 Å². The summed E-state index contributed by atoms with van der Waals surface area (Å²) in [6.45, 7) is 0. The maximum atomic E-state index is 13.3. The van der Waals surface area contributed by atoms with E-state index in [0.717, 1.165) is 47.1 Å². The highest BCUT2D eigenvalue weighted by atomic mass is 79.9. The van der Waals surface area contributed by atoms with Crippen molar-refractivity contribution in [2.24, 2.45) is 5.10 Å². The quantitative estimate of drug-likeness (QED) is 0.487. The lowest BCUT2D eigenvalue weighted by atomic mass is 9.88. The lowest BCUT2D eigenvalue weighted by Gasteiger charge is -2.22. The van der Waals surface area contributed by atoms with Crippen molar-refractivity contribution >= 4 is 33.0 Å². The molecular weight excluding hydrogens is 446 g/mol. The molecule has 0 radical (unpaired) electrons. The molecule has 0 spiro atoms. The van der Waals surface area contributed by atoms with Crippen LogP contribution in [0.25, 0.3) is 10.9 Å². The van der Waals surface area contributed by atoms with Crippen LogP contribution in [-0.2, 0) is 0 Å². The van der Waals surface area contributed by atoms with Crippen molar-refractivity contribution in [2.75, 3.05) is 14.2 Å². The third-order valence-corrected chi connectivity index (χ3v) is 6.12. The molecule has 4 rings (SSSR count). The summed E-state index contributed by atoms with van der Waals surface area (Å²) >= 11 is 3.50. The van der Waals surface area contributed by atoms with Gasteiger partial charge in [0.2, 0.25) is 0 Å². The number of fused-ring (bicyclic) bond motifs is 1. The van der Waals surface area contributed by atoms with Gasteiger partial charge in [0.05, 0.1) is 35.8 Å². The average Bonchev–Trinajstić information content (AvgIpc) is 2.78. The van der Waals surface area contributed by atoms with E-state index in [4.69, 9.17) is 14.5 Å². The molecular formula is C23H24BrN3O3. The maximum absolute atomic E-state index is 13.3. The van der Waals surface area contributed by atoms with Crippen molar-refractivity contribution in [1.29, 1.82) is 0 Å². The Labute approximate surface area is 183 Å². The predicted molar refractivity (Wildman–Crippen MR) is 122 cm³/mol. The molecule has 1 fully saturated rings. The summed E-state index contributed by atoms with van der Waals surface area (Å²) in [5, 5.41) is 5.14. The summed E-state index contributed by atoms with van der Waals surface area (Å²) in [6.07, 6.45) is 7.26. The topological polar surface area (TPSA) is 65.7 Å². The van der Waals surface area contributed by atoms with E-state index < -0.39 is 0 Å². The fourth-order valence-electron chi connectivity index (χ4n) is 4.01. The van der Waals surface area contributed by atoms with Crippen LogP contribution in [0.15, 0.2) is 50.8 Å². The molecule has 0 N–H and O–H groups in total. The molecule has 1 aliphatic carbocycles. The zero-order valence-corrected chi connectivity index (χ0v) is 18.7. The first kappa shape index (κ1) is 20.6. The average molecular weight is 470 g/mol. The third-order valence-electron chi connectivity index (χ3n) is 5.53. The van der Waals surface area contributed by atoms with E-state index in [0.29, 0.717) is 16.9 Å². The van der Waals surface area contributed by atoms with Crippen LogP contribution in [0.4, 0.5) is 0 Å². The van der Waals surface area contributed by atoms with Gasteiger partial charge in [0.15, 0.2) is 11.5 Å². The van der Waals surface area contributed by atoms with Crippen LogP contribution in [0.3, 0.4) is 0 Å². The zero-order chi connectivity index (χ0) is 21.1. The van der Waals surface area contributed by atoms with Gasteiger partial charge in [-0.1, -0.05) is 31.4 Å². The monoisotopic (exact) mass is 469 g/mol. The Hall–Kier alpha value is -2.67. The Morgan fingerprint density at radius 3 is 2.63 bits per heavy atom. The van der Waals surface area contributed by atoms with Gasteiger partial charge in [-0.25, -0.2) is 4.98 Å². The SMILES string of the molecule is COc1cc(C=Nn2c(C3CCCCC3)nc3ccccc3c2=O)cc(Br)c1OC. The Balaban J connectivity index is 1.82. The van der Waals surface area contributed by atoms with Gasteiger partial charge in [-0.3, -0.25) is 4.79 Å². The number of hydrogen-bond donors (Lipinski definition) is 0. The second-order valence-electron chi connectivity index (χ2n) is 7.42.